The molecule has 1 atom stereocenters. The van der Waals surface area contributed by atoms with Crippen LogP contribution in [0.15, 0.2) is 72.1 Å². The number of hydrogen-bond acceptors (Lipinski definition) is 5. The van der Waals surface area contributed by atoms with Gasteiger partial charge in [-0.3, -0.25) is 0 Å². The fraction of sp³-hybridized carbons (Fsp3) is 0.182. The molecule has 3 aromatic rings. The molecule has 29 heavy (non-hydrogen) atoms. The van der Waals surface area contributed by atoms with Crippen LogP contribution in [0.3, 0.4) is 0 Å². The highest BCUT2D eigenvalue weighted by atomic mass is 32.1. The third-order valence-electron chi connectivity index (χ3n) is 3.90. The van der Waals surface area contributed by atoms with E-state index in [1.54, 1.807) is 11.3 Å². The van der Waals surface area contributed by atoms with Crippen molar-refractivity contribution in [1.82, 2.24) is 5.32 Å². The average Bonchev–Trinajstić information content (AvgIpc) is 3.25. The van der Waals surface area contributed by atoms with Crippen LogP contribution in [0.1, 0.15) is 17.4 Å². The van der Waals surface area contributed by atoms with Crippen LogP contribution in [-0.4, -0.2) is 35.7 Å². The van der Waals surface area contributed by atoms with Gasteiger partial charge in [0, 0.05) is 28.8 Å². The maximum absolute atomic E-state index is 9.55. The van der Waals surface area contributed by atoms with E-state index in [1.807, 2.05) is 7.05 Å². The molecule has 2 aromatic carbocycles. The molecule has 152 valence electrons. The zero-order chi connectivity index (χ0) is 21.1. The van der Waals surface area contributed by atoms with Crippen LogP contribution in [-0.2, 0) is 9.59 Å². The Balaban J connectivity index is 0.000000321. The minimum atomic E-state index is -1.26. The molecule has 7 heteroatoms. The monoisotopic (exact) mass is 413 g/mol. The Labute approximate surface area is 173 Å². The van der Waals surface area contributed by atoms with Crippen LogP contribution in [0, 0.1) is 0 Å². The standard InChI is InChI=1S/C18H19NOS.C4H4O4/c1-19-12-11-17(18-10-5-13-21-18)20-16-9-4-7-14-6-2-3-8-15(14)16;5-3(6)1-2-4(7)8/h2-10,13,17,19H,11-12H2,1H3;1-2H,(H,5,6)(H,7,8)/b;2-1+/t17-;/m0./s1. The lowest BCUT2D eigenvalue weighted by molar-refractivity contribution is -0.134. The third kappa shape index (κ3) is 7.40. The van der Waals surface area contributed by atoms with Crippen LogP contribution in [0.25, 0.3) is 10.8 Å². The summed E-state index contributed by atoms with van der Waals surface area (Å²) in [6.45, 7) is 0.938. The molecule has 0 fully saturated rings. The van der Waals surface area contributed by atoms with Crippen molar-refractivity contribution in [2.24, 2.45) is 0 Å². The van der Waals surface area contributed by atoms with E-state index < -0.39 is 11.9 Å². The summed E-state index contributed by atoms with van der Waals surface area (Å²) in [6, 6.07) is 18.8. The zero-order valence-corrected chi connectivity index (χ0v) is 16.8. The van der Waals surface area contributed by atoms with E-state index in [-0.39, 0.29) is 6.10 Å². The molecule has 0 aliphatic heterocycles. The predicted molar refractivity (Wildman–Crippen MR) is 115 cm³/mol. The van der Waals surface area contributed by atoms with E-state index in [2.05, 4.69) is 65.3 Å². The van der Waals surface area contributed by atoms with Crippen molar-refractivity contribution in [3.05, 3.63) is 77.0 Å². The summed E-state index contributed by atoms with van der Waals surface area (Å²) >= 11 is 1.75. The number of thiophene rings is 1. The summed E-state index contributed by atoms with van der Waals surface area (Å²) in [5.41, 5.74) is 0. The molecule has 0 saturated carbocycles. The van der Waals surface area contributed by atoms with E-state index in [9.17, 15) is 9.59 Å². The first-order valence-corrected chi connectivity index (χ1v) is 9.85. The highest BCUT2D eigenvalue weighted by Crippen LogP contribution is 2.32. The number of carboxylic acids is 2. The van der Waals surface area contributed by atoms with Crippen LogP contribution in [0.4, 0.5) is 0 Å². The van der Waals surface area contributed by atoms with Gasteiger partial charge in [-0.1, -0.05) is 42.5 Å². The molecule has 0 unspecified atom stereocenters. The molecule has 3 rings (SSSR count). The fourth-order valence-corrected chi connectivity index (χ4v) is 3.39. The van der Waals surface area contributed by atoms with Crippen molar-refractivity contribution >= 4 is 34.0 Å². The Bertz CT molecular complexity index is 932. The van der Waals surface area contributed by atoms with Crippen molar-refractivity contribution in [2.45, 2.75) is 12.5 Å². The number of carboxylic acid groups (broad SMARTS) is 2. The molecular weight excluding hydrogens is 390 g/mol. The van der Waals surface area contributed by atoms with Crippen LogP contribution >= 0.6 is 11.3 Å². The van der Waals surface area contributed by atoms with Crippen molar-refractivity contribution in [3.63, 3.8) is 0 Å². The molecule has 0 aliphatic rings. The Hall–Kier alpha value is -3.16. The summed E-state index contributed by atoms with van der Waals surface area (Å²) in [5.74, 6) is -1.55. The quantitative estimate of drug-likeness (QED) is 0.476. The Kier molecular flexibility index (Phi) is 8.88. The average molecular weight is 413 g/mol. The number of hydrogen-bond donors (Lipinski definition) is 3. The molecule has 0 spiro atoms. The maximum atomic E-state index is 9.55. The van der Waals surface area contributed by atoms with Gasteiger partial charge in [0.25, 0.3) is 0 Å². The molecule has 3 N–H and O–H groups in total. The Morgan fingerprint density at radius 3 is 2.34 bits per heavy atom. The molecule has 0 amide bonds. The van der Waals surface area contributed by atoms with Gasteiger partial charge in [-0.05, 0) is 36.5 Å². The van der Waals surface area contributed by atoms with E-state index in [0.717, 1.165) is 18.7 Å². The van der Waals surface area contributed by atoms with Gasteiger partial charge in [-0.15, -0.1) is 11.3 Å². The lowest BCUT2D eigenvalue weighted by Crippen LogP contribution is -2.15. The molecule has 6 nitrogen and oxygen atoms in total. The minimum absolute atomic E-state index is 0.100. The van der Waals surface area contributed by atoms with Gasteiger partial charge in [0.05, 0.1) is 0 Å². The summed E-state index contributed by atoms with van der Waals surface area (Å²) < 4.78 is 6.34. The fourth-order valence-electron chi connectivity index (χ4n) is 2.60. The number of fused-ring (bicyclic) bond motifs is 1. The van der Waals surface area contributed by atoms with Gasteiger partial charge in [0.2, 0.25) is 0 Å². The first-order valence-electron chi connectivity index (χ1n) is 8.97. The van der Waals surface area contributed by atoms with Crippen molar-refractivity contribution < 1.29 is 24.5 Å². The first kappa shape index (κ1) is 22.1. The Morgan fingerprint density at radius 2 is 1.72 bits per heavy atom. The number of rotatable bonds is 8. The SMILES string of the molecule is CNCC[C@H](Oc1cccc2ccccc12)c1cccs1.O=C(O)/C=C/C(=O)O. The number of aliphatic carboxylic acids is 2. The number of benzene rings is 2. The number of ether oxygens (including phenoxy) is 1. The van der Waals surface area contributed by atoms with Gasteiger partial charge in [0.15, 0.2) is 0 Å². The van der Waals surface area contributed by atoms with Gasteiger partial charge in [-0.2, -0.15) is 0 Å². The van der Waals surface area contributed by atoms with Crippen molar-refractivity contribution in [3.8, 4) is 5.75 Å². The topological polar surface area (TPSA) is 95.9 Å². The maximum Gasteiger partial charge on any atom is 0.328 e. The molecular formula is C22H23NO5S. The van der Waals surface area contributed by atoms with Crippen molar-refractivity contribution in [2.75, 3.05) is 13.6 Å². The van der Waals surface area contributed by atoms with E-state index in [0.29, 0.717) is 12.2 Å². The van der Waals surface area contributed by atoms with Gasteiger partial charge in [0.1, 0.15) is 11.9 Å². The summed E-state index contributed by atoms with van der Waals surface area (Å²) in [5, 5.41) is 23.3. The van der Waals surface area contributed by atoms with Crippen LogP contribution in [0.2, 0.25) is 0 Å². The molecule has 1 aromatic heterocycles. The summed E-state index contributed by atoms with van der Waals surface area (Å²) in [4.78, 5) is 20.4. The van der Waals surface area contributed by atoms with Gasteiger partial charge in [-0.25, -0.2) is 9.59 Å². The van der Waals surface area contributed by atoms with E-state index in [1.165, 1.54) is 15.6 Å². The van der Waals surface area contributed by atoms with Crippen LogP contribution < -0.4 is 10.1 Å². The zero-order valence-electron chi connectivity index (χ0n) is 15.9. The lowest BCUT2D eigenvalue weighted by Gasteiger charge is -2.19. The highest BCUT2D eigenvalue weighted by Gasteiger charge is 2.15. The molecule has 1 heterocycles. The minimum Gasteiger partial charge on any atom is -0.484 e. The van der Waals surface area contributed by atoms with Crippen molar-refractivity contribution in [1.29, 1.82) is 0 Å². The van der Waals surface area contributed by atoms with Gasteiger partial charge >= 0.3 is 11.9 Å². The summed E-state index contributed by atoms with van der Waals surface area (Å²) in [7, 11) is 1.98. The summed E-state index contributed by atoms with van der Waals surface area (Å²) in [6.07, 6.45) is 2.17. The normalized spacial score (nSPS) is 11.6. The smallest absolute Gasteiger partial charge is 0.328 e. The largest absolute Gasteiger partial charge is 0.484 e. The second-order valence-corrected chi connectivity index (χ2v) is 6.98. The second kappa shape index (κ2) is 11.6. The van der Waals surface area contributed by atoms with E-state index >= 15 is 0 Å². The highest BCUT2D eigenvalue weighted by molar-refractivity contribution is 7.10. The lowest BCUT2D eigenvalue weighted by atomic mass is 10.1. The predicted octanol–water partition coefficient (Wildman–Crippen LogP) is 4.34. The molecule has 0 bridgehead atoms. The van der Waals surface area contributed by atoms with Gasteiger partial charge < -0.3 is 20.3 Å². The first-order chi connectivity index (χ1) is 14.0. The Morgan fingerprint density at radius 1 is 1.03 bits per heavy atom. The van der Waals surface area contributed by atoms with E-state index in [4.69, 9.17) is 14.9 Å². The number of carbonyl (C=O) groups is 2. The molecule has 0 aliphatic carbocycles. The molecule has 0 saturated heterocycles. The van der Waals surface area contributed by atoms with Crippen LogP contribution in [0.5, 0.6) is 5.75 Å². The molecule has 0 radical (unpaired) electrons. The number of nitrogens with one attached hydrogen (secondary N) is 1. The third-order valence-corrected chi connectivity index (χ3v) is 4.87. The second-order valence-electron chi connectivity index (χ2n) is 6.00.